The number of carbonyl (C=O) groups excluding carboxylic acids is 1. The molecule has 0 saturated heterocycles. The van der Waals surface area contributed by atoms with Gasteiger partial charge in [0.15, 0.2) is 11.5 Å². The fraction of sp³-hybridized carbons (Fsp3) is 0.0385. The summed E-state index contributed by atoms with van der Waals surface area (Å²) in [5.74, 6) is 1.40. The second-order valence-electron chi connectivity index (χ2n) is 7.23. The summed E-state index contributed by atoms with van der Waals surface area (Å²) >= 11 is 0. The number of hydrogen-bond donors (Lipinski definition) is 2. The number of sulfonamides is 1. The third kappa shape index (κ3) is 5.54. The number of carbonyl (C=O) groups is 1. The van der Waals surface area contributed by atoms with Crippen molar-refractivity contribution in [3.63, 3.8) is 0 Å². The zero-order valence-electron chi connectivity index (χ0n) is 18.3. The van der Waals surface area contributed by atoms with Gasteiger partial charge >= 0.3 is 0 Å². The van der Waals surface area contributed by atoms with Crippen LogP contribution in [-0.2, 0) is 10.0 Å². The predicted octanol–water partition coefficient (Wildman–Crippen LogP) is 5.54. The molecule has 2 N–H and O–H groups in total. The molecule has 0 radical (unpaired) electrons. The van der Waals surface area contributed by atoms with Crippen LogP contribution in [0.2, 0.25) is 0 Å². The molecule has 0 aromatic heterocycles. The van der Waals surface area contributed by atoms with Gasteiger partial charge in [0, 0.05) is 16.9 Å². The summed E-state index contributed by atoms with van der Waals surface area (Å²) in [4.78, 5) is 12.9. The van der Waals surface area contributed by atoms with E-state index in [1.807, 2.05) is 12.1 Å². The van der Waals surface area contributed by atoms with Crippen LogP contribution < -0.4 is 19.5 Å². The van der Waals surface area contributed by atoms with Gasteiger partial charge in [0.05, 0.1) is 12.0 Å². The third-order valence-corrected chi connectivity index (χ3v) is 6.24. The van der Waals surface area contributed by atoms with E-state index in [1.165, 1.54) is 18.2 Å². The summed E-state index contributed by atoms with van der Waals surface area (Å²) in [5.41, 5.74) is 1.16. The van der Waals surface area contributed by atoms with Gasteiger partial charge in [-0.15, -0.1) is 0 Å². The Morgan fingerprint density at radius 1 is 0.735 bits per heavy atom. The monoisotopic (exact) mass is 474 g/mol. The molecule has 0 saturated carbocycles. The van der Waals surface area contributed by atoms with E-state index in [-0.39, 0.29) is 16.5 Å². The summed E-state index contributed by atoms with van der Waals surface area (Å²) in [6.45, 7) is 0. The molecule has 0 unspecified atom stereocenters. The SMILES string of the molecule is COc1ccccc1Oc1ccc(NC(=O)c2cccc(NS(=O)(=O)c3ccccc3)c2)cc1. The van der Waals surface area contributed by atoms with E-state index in [4.69, 9.17) is 9.47 Å². The normalized spacial score (nSPS) is 10.9. The highest BCUT2D eigenvalue weighted by Crippen LogP contribution is 2.31. The van der Waals surface area contributed by atoms with E-state index >= 15 is 0 Å². The van der Waals surface area contributed by atoms with Crippen molar-refractivity contribution in [3.8, 4) is 17.2 Å². The van der Waals surface area contributed by atoms with Gasteiger partial charge in [-0.05, 0) is 66.7 Å². The topological polar surface area (TPSA) is 93.7 Å². The molecule has 0 aliphatic rings. The minimum atomic E-state index is -3.75. The highest BCUT2D eigenvalue weighted by atomic mass is 32.2. The van der Waals surface area contributed by atoms with Gasteiger partial charge in [-0.1, -0.05) is 36.4 Å². The summed E-state index contributed by atoms with van der Waals surface area (Å²) in [6.07, 6.45) is 0. The number of hydrogen-bond acceptors (Lipinski definition) is 5. The highest BCUT2D eigenvalue weighted by Gasteiger charge is 2.15. The molecule has 4 rings (SSSR count). The van der Waals surface area contributed by atoms with Crippen molar-refractivity contribution in [2.45, 2.75) is 4.90 Å². The Kier molecular flexibility index (Phi) is 6.79. The molecule has 172 valence electrons. The number of methoxy groups -OCH3 is 1. The first-order valence-electron chi connectivity index (χ1n) is 10.3. The molecule has 34 heavy (non-hydrogen) atoms. The van der Waals surface area contributed by atoms with Crippen LogP contribution in [0.5, 0.6) is 17.2 Å². The molecule has 0 heterocycles. The first-order chi connectivity index (χ1) is 16.4. The average Bonchev–Trinajstić information content (AvgIpc) is 2.86. The minimum absolute atomic E-state index is 0.139. The molecule has 0 atom stereocenters. The number of nitrogens with one attached hydrogen (secondary N) is 2. The van der Waals surface area contributed by atoms with Crippen LogP contribution in [0.4, 0.5) is 11.4 Å². The van der Waals surface area contributed by atoms with Gasteiger partial charge in [0.25, 0.3) is 15.9 Å². The lowest BCUT2D eigenvalue weighted by atomic mass is 10.2. The molecule has 4 aromatic rings. The van der Waals surface area contributed by atoms with Crippen molar-refractivity contribution in [2.24, 2.45) is 0 Å². The molecule has 0 aliphatic carbocycles. The quantitative estimate of drug-likeness (QED) is 0.350. The Labute approximate surface area is 198 Å². The molecular formula is C26H22N2O5S. The van der Waals surface area contributed by atoms with Crippen LogP contribution in [0, 0.1) is 0 Å². The first kappa shape index (κ1) is 22.9. The minimum Gasteiger partial charge on any atom is -0.493 e. The molecule has 0 bridgehead atoms. The van der Waals surface area contributed by atoms with Gasteiger partial charge in [0.1, 0.15) is 5.75 Å². The fourth-order valence-corrected chi connectivity index (χ4v) is 4.25. The summed E-state index contributed by atoms with van der Waals surface area (Å²) < 4.78 is 38.7. The summed E-state index contributed by atoms with van der Waals surface area (Å²) in [5, 5.41) is 2.80. The molecule has 4 aromatic carbocycles. The Balaban J connectivity index is 1.43. The average molecular weight is 475 g/mol. The number of benzene rings is 4. The maximum absolute atomic E-state index is 12.7. The Morgan fingerprint density at radius 2 is 1.41 bits per heavy atom. The van der Waals surface area contributed by atoms with Crippen molar-refractivity contribution in [3.05, 3.63) is 109 Å². The lowest BCUT2D eigenvalue weighted by Crippen LogP contribution is -2.15. The number of amides is 1. The smallest absolute Gasteiger partial charge is 0.261 e. The van der Waals surface area contributed by atoms with Gasteiger partial charge in [-0.2, -0.15) is 0 Å². The number of ether oxygens (including phenoxy) is 2. The van der Waals surface area contributed by atoms with Gasteiger partial charge in [-0.3, -0.25) is 9.52 Å². The largest absolute Gasteiger partial charge is 0.493 e. The number of para-hydroxylation sites is 2. The van der Waals surface area contributed by atoms with Crippen LogP contribution in [0.25, 0.3) is 0 Å². The summed E-state index contributed by atoms with van der Waals surface area (Å²) in [6, 6.07) is 28.5. The van der Waals surface area contributed by atoms with Crippen molar-refractivity contribution in [2.75, 3.05) is 17.1 Å². The summed E-state index contributed by atoms with van der Waals surface area (Å²) in [7, 11) is -2.18. The van der Waals surface area contributed by atoms with Crippen LogP contribution >= 0.6 is 0 Å². The van der Waals surface area contributed by atoms with Crippen molar-refractivity contribution in [1.29, 1.82) is 0 Å². The first-order valence-corrected chi connectivity index (χ1v) is 11.8. The zero-order chi connectivity index (χ0) is 24.0. The Hall–Kier alpha value is -4.30. The van der Waals surface area contributed by atoms with Gasteiger partial charge < -0.3 is 14.8 Å². The fourth-order valence-electron chi connectivity index (χ4n) is 3.18. The molecule has 0 aliphatic heterocycles. The van der Waals surface area contributed by atoms with Crippen LogP contribution in [0.3, 0.4) is 0 Å². The maximum Gasteiger partial charge on any atom is 0.261 e. The van der Waals surface area contributed by atoms with Crippen LogP contribution in [0.1, 0.15) is 10.4 Å². The van der Waals surface area contributed by atoms with E-state index in [0.717, 1.165) is 0 Å². The van der Waals surface area contributed by atoms with Crippen LogP contribution in [0.15, 0.2) is 108 Å². The van der Waals surface area contributed by atoms with Gasteiger partial charge in [0.2, 0.25) is 0 Å². The second kappa shape index (κ2) is 10.1. The number of anilines is 2. The van der Waals surface area contributed by atoms with E-state index in [1.54, 1.807) is 79.9 Å². The molecular weight excluding hydrogens is 452 g/mol. The van der Waals surface area contributed by atoms with E-state index in [9.17, 15) is 13.2 Å². The lowest BCUT2D eigenvalue weighted by molar-refractivity contribution is 0.102. The highest BCUT2D eigenvalue weighted by molar-refractivity contribution is 7.92. The molecule has 0 spiro atoms. The van der Waals surface area contributed by atoms with Gasteiger partial charge in [-0.25, -0.2) is 8.42 Å². The van der Waals surface area contributed by atoms with Crippen molar-refractivity contribution < 1.29 is 22.7 Å². The Bertz CT molecular complexity index is 1390. The lowest BCUT2D eigenvalue weighted by Gasteiger charge is -2.11. The number of rotatable bonds is 8. The van der Waals surface area contributed by atoms with E-state index in [0.29, 0.717) is 28.5 Å². The maximum atomic E-state index is 12.7. The molecule has 1 amide bonds. The van der Waals surface area contributed by atoms with Crippen molar-refractivity contribution >= 4 is 27.3 Å². The predicted molar refractivity (Wildman–Crippen MR) is 131 cm³/mol. The molecule has 8 heteroatoms. The van der Waals surface area contributed by atoms with Crippen molar-refractivity contribution in [1.82, 2.24) is 0 Å². The second-order valence-corrected chi connectivity index (χ2v) is 8.91. The Morgan fingerprint density at radius 3 is 2.12 bits per heavy atom. The van der Waals surface area contributed by atoms with E-state index in [2.05, 4.69) is 10.0 Å². The molecule has 0 fully saturated rings. The zero-order valence-corrected chi connectivity index (χ0v) is 19.1. The standard InChI is InChI=1S/C26H22N2O5S/c1-32-24-12-5-6-13-25(24)33-22-16-14-20(15-17-22)27-26(29)19-8-7-9-21(18-19)28-34(30,31)23-10-3-2-4-11-23/h2-18,28H,1H3,(H,27,29). The van der Waals surface area contributed by atoms with E-state index < -0.39 is 10.0 Å². The van der Waals surface area contributed by atoms with Crippen LogP contribution in [-0.4, -0.2) is 21.4 Å². The third-order valence-electron chi connectivity index (χ3n) is 4.84. The molecule has 7 nitrogen and oxygen atoms in total.